The molecule has 0 aromatic rings. The average molecular weight is 210 g/mol. The van der Waals surface area contributed by atoms with E-state index in [2.05, 4.69) is 0 Å². The first-order valence-corrected chi connectivity index (χ1v) is 0. The third-order valence-electron chi connectivity index (χ3n) is 0. The maximum absolute atomic E-state index is 0. The predicted octanol–water partition coefficient (Wildman–Crippen LogP) is -3.17. The van der Waals surface area contributed by atoms with Gasteiger partial charge >= 0.3 is 45.5 Å². The monoisotopic (exact) mass is 211 g/mol. The Balaban J connectivity index is 0. The summed E-state index contributed by atoms with van der Waals surface area (Å²) in [5.74, 6) is 0. The minimum absolute atomic E-state index is 0. The van der Waals surface area contributed by atoms with Crippen LogP contribution in [0.1, 0.15) is 2.85 Å². The summed E-state index contributed by atoms with van der Waals surface area (Å²) in [4.78, 5) is 0. The van der Waals surface area contributed by atoms with Crippen molar-refractivity contribution in [3.8, 4) is 0 Å². The molecule has 0 aromatic carbocycles. The van der Waals surface area contributed by atoms with Crippen LogP contribution in [0.5, 0.6) is 0 Å². The molecule has 5 heteroatoms. The van der Waals surface area contributed by atoms with Crippen LogP contribution in [0.2, 0.25) is 0 Å². The fourth-order valence-electron chi connectivity index (χ4n) is 0. The molecule has 0 rings (SSSR count). The third-order valence-corrected chi connectivity index (χ3v) is 0. The van der Waals surface area contributed by atoms with Crippen LogP contribution in [0.25, 0.3) is 0 Å². The minimum Gasteiger partial charge on any atom is -1.00 e. The van der Waals surface area contributed by atoms with E-state index in [9.17, 15) is 0 Å². The molecule has 0 heterocycles. The molecule has 0 aliphatic carbocycles. The van der Waals surface area contributed by atoms with E-state index in [1.165, 1.54) is 0 Å². The van der Waals surface area contributed by atoms with Crippen LogP contribution in [-0.2, 0) is 21.7 Å². The van der Waals surface area contributed by atoms with Crippen molar-refractivity contribution < 1.29 is 24.6 Å². The normalized spacial score (nSPS) is 0. The van der Waals surface area contributed by atoms with Crippen molar-refractivity contribution in [2.75, 3.05) is 0 Å². The number of hydrogen-bond acceptors (Lipinski definition) is 0. The molecule has 0 bridgehead atoms. The van der Waals surface area contributed by atoms with Gasteiger partial charge in [0.2, 0.25) is 0 Å². The second-order valence-corrected chi connectivity index (χ2v) is 0. The smallest absolute Gasteiger partial charge is 1.00 e. The Labute approximate surface area is 105 Å². The van der Waals surface area contributed by atoms with E-state index >= 15 is 0 Å². The fourth-order valence-corrected chi connectivity index (χ4v) is 0. The van der Waals surface area contributed by atoms with E-state index in [0.717, 1.165) is 0 Å². The fraction of sp³-hybridized carbons (Fsp3) is 0. The first-order valence-electron chi connectivity index (χ1n) is 0. The van der Waals surface area contributed by atoms with Gasteiger partial charge in [0.15, 0.2) is 17.4 Å². The van der Waals surface area contributed by atoms with E-state index in [1.54, 1.807) is 0 Å². The molecule has 0 unspecified atom stereocenters. The van der Waals surface area contributed by atoms with Crippen molar-refractivity contribution in [3.05, 3.63) is 0 Å². The van der Waals surface area contributed by atoms with E-state index in [0.29, 0.717) is 0 Å². The van der Waals surface area contributed by atoms with Crippen LogP contribution < -0.4 is 0 Å². The molecule has 0 amide bonds. The van der Waals surface area contributed by atoms with Gasteiger partial charge in [-0.25, -0.2) is 0 Å². The van der Waals surface area contributed by atoms with Gasteiger partial charge in [0.1, 0.15) is 0 Å². The van der Waals surface area contributed by atoms with Gasteiger partial charge in [-0.2, -0.15) is 0 Å². The molecular formula is H9AlBSiSrTi. The van der Waals surface area contributed by atoms with E-state index in [1.807, 2.05) is 0 Å². The van der Waals surface area contributed by atoms with Crippen LogP contribution in [-0.4, -0.2) is 82.2 Å². The van der Waals surface area contributed by atoms with Gasteiger partial charge in [-0.15, -0.1) is 0 Å². The summed E-state index contributed by atoms with van der Waals surface area (Å²) in [5.41, 5.74) is 0. The van der Waals surface area contributed by atoms with Crippen molar-refractivity contribution in [2.24, 2.45) is 0 Å². The predicted molar refractivity (Wildman–Crippen MR) is 35.0 cm³/mol. The van der Waals surface area contributed by atoms with Crippen LogP contribution in [0.4, 0.5) is 0 Å². The van der Waals surface area contributed by atoms with Gasteiger partial charge in [-0.3, -0.25) is 0 Å². The summed E-state index contributed by atoms with van der Waals surface area (Å²) >= 11 is 0. The molecule has 0 aromatic heterocycles. The second-order valence-electron chi connectivity index (χ2n) is 0. The summed E-state index contributed by atoms with van der Waals surface area (Å²) in [7, 11) is 0. The summed E-state index contributed by atoms with van der Waals surface area (Å²) in [6.07, 6.45) is 0. The summed E-state index contributed by atoms with van der Waals surface area (Å²) < 4.78 is 0. The van der Waals surface area contributed by atoms with Gasteiger partial charge in [-0.05, 0) is 11.0 Å². The van der Waals surface area contributed by atoms with Gasteiger partial charge in [0.05, 0.1) is 0 Å². The van der Waals surface area contributed by atoms with Crippen LogP contribution in [0, 0.1) is 0 Å². The van der Waals surface area contributed by atoms with Crippen LogP contribution in [0.3, 0.4) is 0 Å². The molecule has 25 valence electrons. The molecular weight excluding hydrogens is 201 g/mol. The molecule has 5 heavy (non-hydrogen) atoms. The summed E-state index contributed by atoms with van der Waals surface area (Å²) in [6.45, 7) is 0. The quantitative estimate of drug-likeness (QED) is 0.370. The van der Waals surface area contributed by atoms with Gasteiger partial charge < -0.3 is 2.85 Å². The van der Waals surface area contributed by atoms with Gasteiger partial charge in [0, 0.05) is 30.1 Å². The minimum atomic E-state index is 0. The Kier molecular flexibility index (Phi) is 243. The number of hydrogen-bond donors (Lipinski definition) is 0. The van der Waals surface area contributed by atoms with Gasteiger partial charge in [-0.1, -0.05) is 0 Å². The van der Waals surface area contributed by atoms with Crippen LogP contribution in [0.15, 0.2) is 0 Å². The van der Waals surface area contributed by atoms with E-state index in [-0.39, 0.29) is 107 Å². The Morgan fingerprint density at radius 3 is 1.20 bits per heavy atom. The molecule has 0 aliphatic rings. The molecule has 0 spiro atoms. The van der Waals surface area contributed by atoms with Crippen molar-refractivity contribution >= 4 is 82.2 Å². The third kappa shape index (κ3) is 19.4. The van der Waals surface area contributed by atoms with Crippen LogP contribution >= 0.6 is 0 Å². The summed E-state index contributed by atoms with van der Waals surface area (Å²) in [5, 5.41) is 0. The Hall–Kier alpha value is 3.01. The SMILES string of the molecule is [AlH3].[B].[H-].[H-].[SiH4].[Sr+2].[Ti]. The second kappa shape index (κ2) is 28.0. The largest absolute Gasteiger partial charge is 2.00 e. The molecule has 0 atom stereocenters. The molecule has 0 nitrogen and oxygen atoms in total. The summed E-state index contributed by atoms with van der Waals surface area (Å²) in [6, 6.07) is 0. The topological polar surface area (TPSA) is 0 Å². The van der Waals surface area contributed by atoms with Crippen molar-refractivity contribution in [1.29, 1.82) is 0 Å². The zero-order valence-electron chi connectivity index (χ0n) is 3.78. The first-order chi connectivity index (χ1) is 0. The maximum Gasteiger partial charge on any atom is 2.00 e. The Bertz CT molecular complexity index is 17.7. The maximum atomic E-state index is 0. The first kappa shape index (κ1) is 43.5. The van der Waals surface area contributed by atoms with E-state index in [4.69, 9.17) is 0 Å². The van der Waals surface area contributed by atoms with Crippen molar-refractivity contribution in [1.82, 2.24) is 0 Å². The molecule has 0 fully saturated rings. The number of rotatable bonds is 0. The Morgan fingerprint density at radius 1 is 1.20 bits per heavy atom. The average Bonchev–Trinajstić information content (AvgIpc) is 0. The zero-order valence-corrected chi connectivity index (χ0v) is 6.82. The molecule has 0 saturated heterocycles. The van der Waals surface area contributed by atoms with Crippen molar-refractivity contribution in [2.45, 2.75) is 0 Å². The van der Waals surface area contributed by atoms with E-state index < -0.39 is 0 Å². The molecule has 0 N–H and O–H groups in total. The molecule has 3 radical (unpaired) electrons. The van der Waals surface area contributed by atoms with Gasteiger partial charge in [0.25, 0.3) is 0 Å². The molecule has 0 aliphatic heterocycles. The standard InChI is InChI=1S/Al.B.H4Si.Sr.Ti.5H/h;;1H4;;;;;;;/q;;;+2;;;;;2*-1. The molecule has 0 saturated carbocycles. The zero-order chi connectivity index (χ0) is 0. The Morgan fingerprint density at radius 2 is 1.20 bits per heavy atom. The van der Waals surface area contributed by atoms with Crippen molar-refractivity contribution in [3.63, 3.8) is 0 Å².